The number of carbonyl (C=O) groups excluding carboxylic acids is 1. The van der Waals surface area contributed by atoms with Crippen molar-refractivity contribution in [3.8, 4) is 0 Å². The van der Waals surface area contributed by atoms with E-state index in [2.05, 4.69) is 4.74 Å². The van der Waals surface area contributed by atoms with Gasteiger partial charge < -0.3 is 9.84 Å². The van der Waals surface area contributed by atoms with Crippen LogP contribution in [0.1, 0.15) is 26.7 Å². The quantitative estimate of drug-likeness (QED) is 0.720. The summed E-state index contributed by atoms with van der Waals surface area (Å²) in [4.78, 5) is 11.1. The highest BCUT2D eigenvalue weighted by molar-refractivity contribution is 7.93. The van der Waals surface area contributed by atoms with Crippen LogP contribution in [-0.2, 0) is 19.4 Å². The van der Waals surface area contributed by atoms with E-state index in [9.17, 15) is 18.3 Å². The van der Waals surface area contributed by atoms with Gasteiger partial charge in [-0.2, -0.15) is 0 Å². The van der Waals surface area contributed by atoms with Gasteiger partial charge in [-0.15, -0.1) is 0 Å². The number of sulfone groups is 1. The molecule has 0 spiro atoms. The molecule has 0 aliphatic carbocycles. The maximum absolute atomic E-state index is 11.7. The summed E-state index contributed by atoms with van der Waals surface area (Å²) in [5.74, 6) is -0.787. The predicted octanol–water partition coefficient (Wildman–Crippen LogP) is 0.124. The van der Waals surface area contributed by atoms with E-state index in [-0.39, 0.29) is 18.1 Å². The molecule has 0 bridgehead atoms. The van der Waals surface area contributed by atoms with Crippen LogP contribution in [0.15, 0.2) is 0 Å². The lowest BCUT2D eigenvalue weighted by atomic mass is 9.87. The van der Waals surface area contributed by atoms with Gasteiger partial charge in [-0.3, -0.25) is 0 Å². The van der Waals surface area contributed by atoms with Crippen LogP contribution in [-0.4, -0.2) is 43.2 Å². The lowest BCUT2D eigenvalue weighted by Crippen LogP contribution is -2.37. The summed E-state index contributed by atoms with van der Waals surface area (Å²) in [6, 6.07) is 0. The third kappa shape index (κ3) is 2.22. The van der Waals surface area contributed by atoms with Gasteiger partial charge in [0.15, 0.2) is 15.9 Å². The summed E-state index contributed by atoms with van der Waals surface area (Å²) < 4.78 is 27.0. The van der Waals surface area contributed by atoms with Crippen molar-refractivity contribution in [2.75, 3.05) is 12.9 Å². The first kappa shape index (κ1) is 13.4. The first-order valence-electron chi connectivity index (χ1n) is 5.20. The van der Waals surface area contributed by atoms with Gasteiger partial charge in [0.2, 0.25) is 0 Å². The van der Waals surface area contributed by atoms with Crippen molar-refractivity contribution in [3.05, 3.63) is 0 Å². The second-order valence-corrected chi connectivity index (χ2v) is 7.37. The van der Waals surface area contributed by atoms with Gasteiger partial charge in [-0.05, 0) is 32.6 Å². The molecule has 1 saturated heterocycles. The molecule has 1 aliphatic rings. The molecule has 0 aromatic rings. The number of hydrogen-bond acceptors (Lipinski definition) is 5. The predicted molar refractivity (Wildman–Crippen MR) is 58.6 cm³/mol. The third-order valence-electron chi connectivity index (χ3n) is 3.50. The van der Waals surface area contributed by atoms with Gasteiger partial charge in [-0.1, -0.05) is 0 Å². The molecule has 2 atom stereocenters. The summed E-state index contributed by atoms with van der Waals surface area (Å²) >= 11 is 0. The SMILES string of the molecule is COC(=O)C(O)CC1CCS(=O)(=O)C1(C)C. The summed E-state index contributed by atoms with van der Waals surface area (Å²) in [7, 11) is -1.92. The van der Waals surface area contributed by atoms with E-state index in [1.54, 1.807) is 13.8 Å². The van der Waals surface area contributed by atoms with Gasteiger partial charge in [0.1, 0.15) is 0 Å². The van der Waals surface area contributed by atoms with E-state index >= 15 is 0 Å². The Morgan fingerprint density at radius 3 is 2.50 bits per heavy atom. The number of rotatable bonds is 3. The molecule has 0 radical (unpaired) electrons. The topological polar surface area (TPSA) is 80.7 Å². The maximum atomic E-state index is 11.7. The number of ether oxygens (including phenoxy) is 1. The van der Waals surface area contributed by atoms with E-state index in [0.29, 0.717) is 6.42 Å². The van der Waals surface area contributed by atoms with Crippen molar-refractivity contribution in [1.82, 2.24) is 0 Å². The minimum absolute atomic E-state index is 0.124. The average molecular weight is 250 g/mol. The zero-order valence-electron chi connectivity index (χ0n) is 9.76. The van der Waals surface area contributed by atoms with Crippen LogP contribution in [0.3, 0.4) is 0 Å². The molecule has 6 heteroatoms. The van der Waals surface area contributed by atoms with Crippen molar-refractivity contribution < 1.29 is 23.1 Å². The minimum atomic E-state index is -3.11. The molecule has 1 rings (SSSR count). The summed E-state index contributed by atoms with van der Waals surface area (Å²) in [6.07, 6.45) is -0.606. The molecule has 16 heavy (non-hydrogen) atoms. The van der Waals surface area contributed by atoms with Crippen LogP contribution in [0.5, 0.6) is 0 Å². The molecular weight excluding hydrogens is 232 g/mol. The van der Waals surface area contributed by atoms with Crippen LogP contribution >= 0.6 is 0 Å². The fourth-order valence-corrected chi connectivity index (χ4v) is 3.91. The Morgan fingerprint density at radius 1 is 1.56 bits per heavy atom. The first-order chi connectivity index (χ1) is 7.22. The Balaban J connectivity index is 2.75. The molecule has 1 N–H and O–H groups in total. The van der Waals surface area contributed by atoms with Gasteiger partial charge in [-0.25, -0.2) is 13.2 Å². The molecule has 1 aliphatic heterocycles. The van der Waals surface area contributed by atoms with Crippen molar-refractivity contribution >= 4 is 15.8 Å². The summed E-state index contributed by atoms with van der Waals surface area (Å²) in [5, 5.41) is 9.51. The van der Waals surface area contributed by atoms with Gasteiger partial charge in [0.25, 0.3) is 0 Å². The second kappa shape index (κ2) is 4.33. The molecule has 1 fully saturated rings. The Kier molecular flexibility index (Phi) is 3.64. The normalized spacial score (nSPS) is 28.6. The van der Waals surface area contributed by atoms with Crippen molar-refractivity contribution in [2.45, 2.75) is 37.5 Å². The summed E-state index contributed by atoms with van der Waals surface area (Å²) in [6.45, 7) is 3.29. The van der Waals surface area contributed by atoms with Crippen LogP contribution < -0.4 is 0 Å². The van der Waals surface area contributed by atoms with Gasteiger partial charge >= 0.3 is 5.97 Å². The van der Waals surface area contributed by atoms with Crippen molar-refractivity contribution in [1.29, 1.82) is 0 Å². The largest absolute Gasteiger partial charge is 0.467 e. The number of hydrogen-bond donors (Lipinski definition) is 1. The molecule has 94 valence electrons. The first-order valence-corrected chi connectivity index (χ1v) is 6.86. The molecule has 0 aromatic carbocycles. The Bertz CT molecular complexity index is 371. The minimum Gasteiger partial charge on any atom is -0.467 e. The van der Waals surface area contributed by atoms with E-state index in [1.165, 1.54) is 7.11 Å². The van der Waals surface area contributed by atoms with Crippen molar-refractivity contribution in [3.63, 3.8) is 0 Å². The fourth-order valence-electron chi connectivity index (χ4n) is 2.07. The summed E-state index contributed by atoms with van der Waals surface area (Å²) in [5.41, 5.74) is 0. The van der Waals surface area contributed by atoms with Gasteiger partial charge in [0.05, 0.1) is 17.6 Å². The lowest BCUT2D eigenvalue weighted by molar-refractivity contribution is -0.151. The highest BCUT2D eigenvalue weighted by atomic mass is 32.2. The highest BCUT2D eigenvalue weighted by Crippen LogP contribution is 2.39. The van der Waals surface area contributed by atoms with E-state index in [0.717, 1.165) is 0 Å². The zero-order chi connectivity index (χ0) is 12.6. The molecular formula is C10H18O5S. The standard InChI is InChI=1S/C10H18O5S/c1-10(2)7(4-5-16(10,13)14)6-8(11)9(12)15-3/h7-8,11H,4-6H2,1-3H3. The molecule has 2 unspecified atom stereocenters. The van der Waals surface area contributed by atoms with E-state index in [4.69, 9.17) is 0 Å². The molecule has 0 aromatic heterocycles. The highest BCUT2D eigenvalue weighted by Gasteiger charge is 2.48. The van der Waals surface area contributed by atoms with Crippen LogP contribution in [0, 0.1) is 5.92 Å². The Morgan fingerprint density at radius 2 is 2.12 bits per heavy atom. The third-order valence-corrected chi connectivity index (χ3v) is 6.21. The molecule has 1 heterocycles. The Labute approximate surface area is 95.7 Å². The Hall–Kier alpha value is -0.620. The monoisotopic (exact) mass is 250 g/mol. The molecule has 0 amide bonds. The molecule has 5 nitrogen and oxygen atoms in total. The van der Waals surface area contributed by atoms with Crippen LogP contribution in [0.25, 0.3) is 0 Å². The number of methoxy groups -OCH3 is 1. The van der Waals surface area contributed by atoms with Crippen LogP contribution in [0.4, 0.5) is 0 Å². The van der Waals surface area contributed by atoms with Crippen molar-refractivity contribution in [2.24, 2.45) is 5.92 Å². The average Bonchev–Trinajstić information content (AvgIpc) is 2.39. The fraction of sp³-hybridized carbons (Fsp3) is 0.900. The number of aliphatic hydroxyl groups excluding tert-OH is 1. The van der Waals surface area contributed by atoms with Gasteiger partial charge in [0, 0.05) is 0 Å². The zero-order valence-corrected chi connectivity index (χ0v) is 10.6. The lowest BCUT2D eigenvalue weighted by Gasteiger charge is -2.26. The van der Waals surface area contributed by atoms with E-state index < -0.39 is 26.7 Å². The smallest absolute Gasteiger partial charge is 0.334 e. The number of carbonyl (C=O) groups is 1. The second-order valence-electron chi connectivity index (χ2n) is 4.68. The maximum Gasteiger partial charge on any atom is 0.334 e. The van der Waals surface area contributed by atoms with E-state index in [1.807, 2.05) is 0 Å². The molecule has 0 saturated carbocycles. The number of aliphatic hydroxyl groups is 1. The number of esters is 1. The van der Waals surface area contributed by atoms with Crippen LogP contribution in [0.2, 0.25) is 0 Å².